The number of halogens is 2. The zero-order valence-corrected chi connectivity index (χ0v) is 10.4. The third-order valence-electron chi connectivity index (χ3n) is 2.85. The highest BCUT2D eigenvalue weighted by molar-refractivity contribution is 5.85. The van der Waals surface area contributed by atoms with Gasteiger partial charge in [-0.2, -0.15) is 5.10 Å². The molecule has 0 spiro atoms. The Morgan fingerprint density at radius 2 is 2.40 bits per heavy atom. The van der Waals surface area contributed by atoms with Crippen LogP contribution in [0, 0.1) is 10.1 Å². The Morgan fingerprint density at radius 3 is 2.85 bits per heavy atom. The fourth-order valence-electron chi connectivity index (χ4n) is 1.73. The number of hydrogen-bond donors (Lipinski definition) is 2. The summed E-state index contributed by atoms with van der Waals surface area (Å²) in [4.78, 5) is 14.2. The molecule has 1 aliphatic carbocycles. The van der Waals surface area contributed by atoms with E-state index < -0.39 is 23.8 Å². The molecule has 10 heteroatoms. The molecule has 0 bridgehead atoms. The van der Waals surface area contributed by atoms with Crippen LogP contribution in [0.25, 0.3) is 0 Å². The third kappa shape index (κ3) is 3.47. The molecule has 1 heterocycles. The van der Waals surface area contributed by atoms with Crippen LogP contribution in [0.3, 0.4) is 0 Å². The van der Waals surface area contributed by atoms with E-state index in [-0.39, 0.29) is 17.6 Å². The summed E-state index contributed by atoms with van der Waals surface area (Å²) in [6.07, 6.45) is 0.670. The second kappa shape index (κ2) is 5.90. The fourth-order valence-corrected chi connectivity index (χ4v) is 1.73. The van der Waals surface area contributed by atoms with E-state index in [2.05, 4.69) is 15.5 Å². The van der Waals surface area contributed by atoms with Crippen molar-refractivity contribution >= 4 is 11.5 Å². The summed E-state index contributed by atoms with van der Waals surface area (Å²) in [6, 6.07) is -0.874. The molecule has 1 saturated carbocycles. The van der Waals surface area contributed by atoms with Crippen LogP contribution in [0.5, 0.6) is 0 Å². The van der Waals surface area contributed by atoms with Crippen molar-refractivity contribution in [1.29, 1.82) is 0 Å². The van der Waals surface area contributed by atoms with Gasteiger partial charge in [0.2, 0.25) is 6.43 Å². The van der Waals surface area contributed by atoms with E-state index in [1.54, 1.807) is 0 Å². The number of rotatable bonds is 6. The van der Waals surface area contributed by atoms with Crippen LogP contribution in [0.2, 0.25) is 0 Å². The molecule has 1 fully saturated rings. The zero-order valence-electron chi connectivity index (χ0n) is 10.4. The topological polar surface area (TPSA) is 111 Å². The Hall–Kier alpha value is -2.10. The Bertz CT molecular complexity index is 514. The smallest absolute Gasteiger partial charge is 0.307 e. The number of nitrogens with two attached hydrogens (primary N) is 1. The average Bonchev–Trinajstić information content (AvgIpc) is 3.06. The minimum absolute atomic E-state index is 0.0757. The summed E-state index contributed by atoms with van der Waals surface area (Å²) >= 11 is 0. The van der Waals surface area contributed by atoms with Gasteiger partial charge in [0.05, 0.1) is 11.0 Å². The minimum atomic E-state index is -2.61. The van der Waals surface area contributed by atoms with E-state index in [1.807, 2.05) is 0 Å². The number of aromatic nitrogens is 2. The fraction of sp³-hybridized carbons (Fsp3) is 0.600. The summed E-state index contributed by atoms with van der Waals surface area (Å²) in [6.45, 7) is 0. The Balaban J connectivity index is 2.27. The lowest BCUT2D eigenvalue weighted by Gasteiger charge is -2.18. The van der Waals surface area contributed by atoms with Gasteiger partial charge in [-0.05, 0) is 12.8 Å². The second-order valence-electron chi connectivity index (χ2n) is 4.47. The van der Waals surface area contributed by atoms with Crippen molar-refractivity contribution in [2.75, 3.05) is 0 Å². The maximum absolute atomic E-state index is 12.7. The molecule has 3 N–H and O–H groups in total. The molecule has 0 aromatic carbocycles. The quantitative estimate of drug-likeness (QED) is 0.267. The normalized spacial score (nSPS) is 17.3. The molecule has 0 aliphatic heterocycles. The number of nitrogens with zero attached hydrogens (tertiary/aromatic N) is 4. The first-order chi connectivity index (χ1) is 9.51. The molecule has 1 atom stereocenters. The average molecular weight is 288 g/mol. The van der Waals surface area contributed by atoms with Crippen LogP contribution >= 0.6 is 0 Å². The second-order valence-corrected chi connectivity index (χ2v) is 4.47. The van der Waals surface area contributed by atoms with Crippen LogP contribution in [-0.4, -0.2) is 33.0 Å². The number of hydrazine groups is 1. The van der Waals surface area contributed by atoms with Crippen molar-refractivity contribution in [3.05, 3.63) is 22.5 Å². The van der Waals surface area contributed by atoms with Crippen molar-refractivity contribution in [2.45, 2.75) is 37.8 Å². The van der Waals surface area contributed by atoms with Crippen molar-refractivity contribution in [1.82, 2.24) is 15.2 Å². The summed E-state index contributed by atoms with van der Waals surface area (Å²) < 4.78 is 26.5. The maximum Gasteiger partial charge on any atom is 0.307 e. The van der Waals surface area contributed by atoms with Crippen molar-refractivity contribution < 1.29 is 13.7 Å². The standard InChI is InChI=1S/C10H14F2N6O2/c11-9(12)3-8(10(16-13)15-6-1-2-6)17-5-7(4-14-17)18(19)20/h4-6,8-9H,1-3,13H2,(H,15,16). The molecule has 110 valence electrons. The Labute approximate surface area is 112 Å². The molecular weight excluding hydrogens is 274 g/mol. The number of alkyl halides is 2. The van der Waals surface area contributed by atoms with Crippen molar-refractivity contribution in [3.8, 4) is 0 Å². The SMILES string of the molecule is NNC(=NC1CC1)C(CC(F)F)n1cc([N+](=O)[O-])cn1. The third-order valence-corrected chi connectivity index (χ3v) is 2.85. The van der Waals surface area contributed by atoms with Gasteiger partial charge in [-0.3, -0.25) is 19.8 Å². The highest BCUT2D eigenvalue weighted by atomic mass is 19.3. The number of nitrogens with one attached hydrogen (secondary N) is 1. The lowest BCUT2D eigenvalue weighted by molar-refractivity contribution is -0.385. The predicted molar refractivity (Wildman–Crippen MR) is 66.3 cm³/mol. The Kier molecular flexibility index (Phi) is 4.23. The number of amidine groups is 1. The maximum atomic E-state index is 12.7. The van der Waals surface area contributed by atoms with Crippen molar-refractivity contribution in [2.24, 2.45) is 10.8 Å². The first-order valence-corrected chi connectivity index (χ1v) is 6.02. The lowest BCUT2D eigenvalue weighted by Crippen LogP contribution is -2.39. The molecule has 1 aliphatic rings. The van der Waals surface area contributed by atoms with Gasteiger partial charge in [0.1, 0.15) is 24.3 Å². The summed E-state index contributed by atoms with van der Waals surface area (Å²) in [5.74, 6) is 5.49. The molecule has 20 heavy (non-hydrogen) atoms. The van der Waals surface area contributed by atoms with E-state index in [9.17, 15) is 18.9 Å². The van der Waals surface area contributed by atoms with Gasteiger partial charge in [0.15, 0.2) is 0 Å². The molecular formula is C10H14F2N6O2. The van der Waals surface area contributed by atoms with Gasteiger partial charge in [0, 0.05) is 6.42 Å². The van der Waals surface area contributed by atoms with Crippen molar-refractivity contribution in [3.63, 3.8) is 0 Å². The zero-order chi connectivity index (χ0) is 14.7. The first-order valence-electron chi connectivity index (χ1n) is 6.02. The van der Waals surface area contributed by atoms with Crippen LogP contribution in [-0.2, 0) is 0 Å². The molecule has 1 unspecified atom stereocenters. The largest absolute Gasteiger partial charge is 0.310 e. The van der Waals surface area contributed by atoms with Crippen LogP contribution in [0.15, 0.2) is 17.4 Å². The molecule has 0 saturated heterocycles. The highest BCUT2D eigenvalue weighted by Gasteiger charge is 2.28. The van der Waals surface area contributed by atoms with Crippen LogP contribution < -0.4 is 11.3 Å². The van der Waals surface area contributed by atoms with Crippen LogP contribution in [0.4, 0.5) is 14.5 Å². The first kappa shape index (κ1) is 14.3. The molecule has 2 rings (SSSR count). The number of hydrogen-bond acceptors (Lipinski definition) is 5. The van der Waals surface area contributed by atoms with E-state index in [1.165, 1.54) is 0 Å². The molecule has 0 amide bonds. The highest BCUT2D eigenvalue weighted by Crippen LogP contribution is 2.26. The van der Waals surface area contributed by atoms with E-state index in [0.717, 1.165) is 29.9 Å². The van der Waals surface area contributed by atoms with E-state index >= 15 is 0 Å². The summed E-state index contributed by atoms with van der Waals surface area (Å²) in [5, 5.41) is 14.4. The monoisotopic (exact) mass is 288 g/mol. The van der Waals surface area contributed by atoms with E-state index in [0.29, 0.717) is 0 Å². The number of nitro groups is 1. The minimum Gasteiger partial charge on any atom is -0.310 e. The van der Waals surface area contributed by atoms with Gasteiger partial charge < -0.3 is 5.43 Å². The summed E-state index contributed by atoms with van der Waals surface area (Å²) in [5.41, 5.74) is 2.03. The van der Waals surface area contributed by atoms with E-state index in [4.69, 9.17) is 5.84 Å². The van der Waals surface area contributed by atoms with Gasteiger partial charge in [0.25, 0.3) is 0 Å². The van der Waals surface area contributed by atoms with Crippen LogP contribution in [0.1, 0.15) is 25.3 Å². The van der Waals surface area contributed by atoms with Gasteiger partial charge in [-0.25, -0.2) is 14.6 Å². The predicted octanol–water partition coefficient (Wildman–Crippen LogP) is 1.01. The Morgan fingerprint density at radius 1 is 1.70 bits per heavy atom. The molecule has 1 aromatic heterocycles. The van der Waals surface area contributed by atoms with Gasteiger partial charge in [-0.15, -0.1) is 0 Å². The van der Waals surface area contributed by atoms with Gasteiger partial charge >= 0.3 is 5.69 Å². The summed E-state index contributed by atoms with van der Waals surface area (Å²) in [7, 11) is 0. The molecule has 1 aromatic rings. The lowest BCUT2D eigenvalue weighted by atomic mass is 10.2. The van der Waals surface area contributed by atoms with Gasteiger partial charge in [-0.1, -0.05) is 0 Å². The molecule has 0 radical (unpaired) electrons. The molecule has 8 nitrogen and oxygen atoms in total. The number of aliphatic imine (C=N–C) groups is 1.